The molecular weight excluding hydrogens is 440 g/mol. The number of fused-ring (bicyclic) bond motifs is 3. The summed E-state index contributed by atoms with van der Waals surface area (Å²) in [4.78, 5) is 26.8. The Bertz CT molecular complexity index is 1280. The summed E-state index contributed by atoms with van der Waals surface area (Å²) in [5.41, 5.74) is 4.11. The van der Waals surface area contributed by atoms with Crippen LogP contribution in [0.3, 0.4) is 0 Å². The molecule has 182 valence electrons. The van der Waals surface area contributed by atoms with Gasteiger partial charge < -0.3 is 9.64 Å². The fourth-order valence-electron chi connectivity index (χ4n) is 6.42. The number of carbonyl (C=O) groups is 1. The molecule has 8 heteroatoms. The van der Waals surface area contributed by atoms with Crippen molar-refractivity contribution in [3.63, 3.8) is 0 Å². The fourth-order valence-corrected chi connectivity index (χ4v) is 6.42. The second-order valence-electron chi connectivity index (χ2n) is 10.8. The molecule has 2 unspecified atom stereocenters. The van der Waals surface area contributed by atoms with Gasteiger partial charge in [-0.1, -0.05) is 0 Å². The number of nitrogens with zero attached hydrogens (tertiary/aromatic N) is 6. The molecule has 0 N–H and O–H groups in total. The van der Waals surface area contributed by atoms with Crippen molar-refractivity contribution in [3.05, 3.63) is 47.7 Å². The smallest absolute Gasteiger partial charge is 0.230 e. The molecule has 3 aliphatic heterocycles. The van der Waals surface area contributed by atoms with Crippen molar-refractivity contribution in [1.82, 2.24) is 24.6 Å². The van der Waals surface area contributed by atoms with E-state index in [9.17, 15) is 4.79 Å². The number of hydrogen-bond donors (Lipinski definition) is 0. The summed E-state index contributed by atoms with van der Waals surface area (Å²) in [7, 11) is 0. The minimum atomic E-state index is 0.218. The van der Waals surface area contributed by atoms with Gasteiger partial charge in [0.1, 0.15) is 5.82 Å². The third-order valence-electron chi connectivity index (χ3n) is 8.63. The molecule has 4 fully saturated rings. The number of aromatic nitrogens is 4. The number of aryl methyl sites for hydroxylation is 1. The second kappa shape index (κ2) is 8.38. The Morgan fingerprint density at radius 2 is 1.91 bits per heavy atom. The SMILES string of the molecule is Cc1nn(C2CCN(C3COC3)CC2)cc1Cc1ncc2ccc(N3C(=O)C4CCC3C4)cc2n1. The van der Waals surface area contributed by atoms with E-state index < -0.39 is 0 Å². The first-order valence-electron chi connectivity index (χ1n) is 13.1. The summed E-state index contributed by atoms with van der Waals surface area (Å²) in [6.07, 6.45) is 10.2. The van der Waals surface area contributed by atoms with E-state index in [4.69, 9.17) is 14.8 Å². The Hall–Kier alpha value is -2.84. The van der Waals surface area contributed by atoms with E-state index in [-0.39, 0.29) is 11.8 Å². The zero-order chi connectivity index (χ0) is 23.5. The minimum absolute atomic E-state index is 0.218. The predicted octanol–water partition coefficient (Wildman–Crippen LogP) is 3.28. The van der Waals surface area contributed by atoms with Crippen molar-refractivity contribution < 1.29 is 9.53 Å². The molecule has 1 saturated carbocycles. The van der Waals surface area contributed by atoms with Crippen molar-refractivity contribution in [3.8, 4) is 0 Å². The third kappa shape index (κ3) is 3.74. The maximum atomic E-state index is 12.7. The summed E-state index contributed by atoms with van der Waals surface area (Å²) in [5, 5.41) is 5.87. The highest BCUT2D eigenvalue weighted by Gasteiger charge is 2.45. The van der Waals surface area contributed by atoms with E-state index in [1.54, 1.807) is 0 Å². The van der Waals surface area contributed by atoms with Gasteiger partial charge in [0, 0.05) is 60.5 Å². The molecular formula is C27H32N6O2. The predicted molar refractivity (Wildman–Crippen MR) is 132 cm³/mol. The highest BCUT2D eigenvalue weighted by Crippen LogP contribution is 2.41. The maximum Gasteiger partial charge on any atom is 0.230 e. The molecule has 1 amide bonds. The van der Waals surface area contributed by atoms with Gasteiger partial charge in [-0.25, -0.2) is 9.97 Å². The van der Waals surface area contributed by atoms with Crippen molar-refractivity contribution in [2.75, 3.05) is 31.2 Å². The zero-order valence-corrected chi connectivity index (χ0v) is 20.3. The lowest BCUT2D eigenvalue weighted by atomic mass is 10.0. The molecule has 3 saturated heterocycles. The Labute approximate surface area is 205 Å². The van der Waals surface area contributed by atoms with Crippen LogP contribution >= 0.6 is 0 Å². The zero-order valence-electron chi connectivity index (χ0n) is 20.3. The standard InChI is InChI=1S/C27H32N6O2/c1-17-20(14-32(30-17)21-6-8-31(9-7-21)24-15-35-16-24)11-26-28-13-19-3-5-23(12-25(19)29-26)33-22-4-2-18(10-22)27(33)34/h3,5,12-14,18,21-22,24H,2,4,6-11,15-16H2,1H3. The highest BCUT2D eigenvalue weighted by molar-refractivity contribution is 6.00. The van der Waals surface area contributed by atoms with Crippen LogP contribution in [0.5, 0.6) is 0 Å². The lowest BCUT2D eigenvalue weighted by Crippen LogP contribution is -2.51. The molecule has 0 spiro atoms. The van der Waals surface area contributed by atoms with Gasteiger partial charge in [-0.05, 0) is 57.2 Å². The monoisotopic (exact) mass is 472 g/mol. The topological polar surface area (TPSA) is 76.4 Å². The highest BCUT2D eigenvalue weighted by atomic mass is 16.5. The number of hydrogen-bond acceptors (Lipinski definition) is 6. The van der Waals surface area contributed by atoms with Gasteiger partial charge in [0.2, 0.25) is 5.91 Å². The van der Waals surface area contributed by atoms with Crippen LogP contribution < -0.4 is 4.90 Å². The summed E-state index contributed by atoms with van der Waals surface area (Å²) < 4.78 is 7.54. The maximum absolute atomic E-state index is 12.7. The number of amides is 1. The molecule has 1 aromatic carbocycles. The van der Waals surface area contributed by atoms with Crippen molar-refractivity contribution in [2.24, 2.45) is 5.92 Å². The van der Waals surface area contributed by atoms with Crippen LogP contribution in [0.1, 0.15) is 55.2 Å². The lowest BCUT2D eigenvalue weighted by molar-refractivity contribution is -0.121. The van der Waals surface area contributed by atoms with Crippen molar-refractivity contribution >= 4 is 22.5 Å². The molecule has 5 heterocycles. The minimum Gasteiger partial charge on any atom is -0.378 e. The van der Waals surface area contributed by atoms with Crippen LogP contribution in [-0.4, -0.2) is 68.9 Å². The second-order valence-corrected chi connectivity index (χ2v) is 10.8. The van der Waals surface area contributed by atoms with Gasteiger partial charge in [0.15, 0.2) is 0 Å². The Morgan fingerprint density at radius 3 is 2.66 bits per heavy atom. The molecule has 1 aliphatic carbocycles. The Kier molecular flexibility index (Phi) is 5.13. The van der Waals surface area contributed by atoms with Crippen LogP contribution in [0.15, 0.2) is 30.6 Å². The van der Waals surface area contributed by atoms with Crippen LogP contribution in [0.25, 0.3) is 10.9 Å². The molecule has 7 rings (SSSR count). The lowest BCUT2D eigenvalue weighted by Gasteiger charge is -2.41. The van der Waals surface area contributed by atoms with E-state index in [1.165, 1.54) is 5.56 Å². The van der Waals surface area contributed by atoms with Crippen LogP contribution in [0, 0.1) is 12.8 Å². The normalized spacial score (nSPS) is 25.6. The number of piperidine rings is 2. The number of carbonyl (C=O) groups excluding carboxylic acids is 1. The van der Waals surface area contributed by atoms with E-state index in [0.717, 1.165) is 86.5 Å². The van der Waals surface area contributed by atoms with E-state index in [1.807, 2.05) is 23.2 Å². The molecule has 2 bridgehead atoms. The molecule has 0 radical (unpaired) electrons. The van der Waals surface area contributed by atoms with Crippen LogP contribution in [-0.2, 0) is 16.0 Å². The Morgan fingerprint density at radius 1 is 1.06 bits per heavy atom. The quantitative estimate of drug-likeness (QED) is 0.567. The van der Waals surface area contributed by atoms with Crippen LogP contribution in [0.4, 0.5) is 5.69 Å². The van der Waals surface area contributed by atoms with Gasteiger partial charge in [-0.2, -0.15) is 5.10 Å². The largest absolute Gasteiger partial charge is 0.378 e. The molecule has 3 aromatic rings. The average Bonchev–Trinajstić information content (AvgIpc) is 3.53. The summed E-state index contributed by atoms with van der Waals surface area (Å²) in [6.45, 7) is 6.09. The number of anilines is 1. The van der Waals surface area contributed by atoms with Crippen molar-refractivity contribution in [1.29, 1.82) is 0 Å². The van der Waals surface area contributed by atoms with Gasteiger partial charge in [0.25, 0.3) is 0 Å². The van der Waals surface area contributed by atoms with Gasteiger partial charge >= 0.3 is 0 Å². The Balaban J connectivity index is 1.08. The summed E-state index contributed by atoms with van der Waals surface area (Å²) in [6, 6.07) is 7.58. The first kappa shape index (κ1) is 21.4. The van der Waals surface area contributed by atoms with Gasteiger partial charge in [-0.15, -0.1) is 0 Å². The molecule has 4 aliphatic rings. The number of likely N-dealkylation sites (tertiary alicyclic amines) is 1. The molecule has 2 aromatic heterocycles. The molecule has 8 nitrogen and oxygen atoms in total. The van der Waals surface area contributed by atoms with E-state index in [0.29, 0.717) is 24.5 Å². The van der Waals surface area contributed by atoms with Crippen LogP contribution in [0.2, 0.25) is 0 Å². The number of benzene rings is 1. The summed E-state index contributed by atoms with van der Waals surface area (Å²) in [5.74, 6) is 1.30. The summed E-state index contributed by atoms with van der Waals surface area (Å²) >= 11 is 0. The molecule has 35 heavy (non-hydrogen) atoms. The van der Waals surface area contributed by atoms with Gasteiger partial charge in [-0.3, -0.25) is 14.4 Å². The van der Waals surface area contributed by atoms with E-state index >= 15 is 0 Å². The number of ether oxygens (including phenoxy) is 1. The molecule has 2 atom stereocenters. The van der Waals surface area contributed by atoms with Crippen molar-refractivity contribution in [2.45, 2.75) is 63.6 Å². The van der Waals surface area contributed by atoms with E-state index in [2.05, 4.69) is 33.8 Å². The fraction of sp³-hybridized carbons (Fsp3) is 0.556. The number of rotatable bonds is 5. The first-order chi connectivity index (χ1) is 17.1. The van der Waals surface area contributed by atoms with Gasteiger partial charge in [0.05, 0.1) is 36.5 Å². The average molecular weight is 473 g/mol. The third-order valence-corrected chi connectivity index (χ3v) is 8.63. The first-order valence-corrected chi connectivity index (χ1v) is 13.1.